The average Bonchev–Trinajstić information content (AvgIpc) is 2.67. The van der Waals surface area contributed by atoms with Crippen molar-refractivity contribution in [3.8, 4) is 0 Å². The molecule has 0 spiro atoms. The van der Waals surface area contributed by atoms with Crippen molar-refractivity contribution in [1.29, 1.82) is 0 Å². The van der Waals surface area contributed by atoms with Crippen LogP contribution in [0.2, 0.25) is 0 Å². The first-order chi connectivity index (χ1) is 9.19. The molecule has 0 bridgehead atoms. The highest BCUT2D eigenvalue weighted by molar-refractivity contribution is 4.89. The molecule has 1 aliphatic carbocycles. The van der Waals surface area contributed by atoms with E-state index >= 15 is 0 Å². The highest BCUT2D eigenvalue weighted by Gasteiger charge is 2.35. The third-order valence-electron chi connectivity index (χ3n) is 4.97. The number of hydrogen-bond donors (Lipinski definition) is 2. The first kappa shape index (κ1) is 15.2. The predicted molar refractivity (Wildman–Crippen MR) is 77.1 cm³/mol. The van der Waals surface area contributed by atoms with E-state index in [9.17, 15) is 5.11 Å². The number of hydrogen-bond acceptors (Lipinski definition) is 4. The lowest BCUT2D eigenvalue weighted by Crippen LogP contribution is -2.54. The Kier molecular flexibility index (Phi) is 5.63. The molecule has 0 aromatic rings. The molecule has 1 saturated heterocycles. The molecule has 2 atom stereocenters. The summed E-state index contributed by atoms with van der Waals surface area (Å²) in [5.74, 6) is 0. The van der Waals surface area contributed by atoms with E-state index in [-0.39, 0.29) is 12.7 Å². The van der Waals surface area contributed by atoms with Gasteiger partial charge in [0.25, 0.3) is 0 Å². The molecule has 112 valence electrons. The summed E-state index contributed by atoms with van der Waals surface area (Å²) in [6.07, 6.45) is 7.86. The fourth-order valence-electron chi connectivity index (χ4n) is 3.54. The zero-order valence-corrected chi connectivity index (χ0v) is 12.3. The molecule has 1 heterocycles. The molecule has 2 unspecified atom stereocenters. The maximum absolute atomic E-state index is 9.29. The van der Waals surface area contributed by atoms with Gasteiger partial charge in [0.15, 0.2) is 0 Å². The molecule has 0 radical (unpaired) electrons. The van der Waals surface area contributed by atoms with E-state index in [1.54, 1.807) is 0 Å². The van der Waals surface area contributed by atoms with Crippen molar-refractivity contribution in [3.63, 3.8) is 0 Å². The lowest BCUT2D eigenvalue weighted by Gasteiger charge is -2.43. The Morgan fingerprint density at radius 2 is 1.95 bits per heavy atom. The summed E-state index contributed by atoms with van der Waals surface area (Å²) >= 11 is 0. The van der Waals surface area contributed by atoms with Crippen molar-refractivity contribution in [3.05, 3.63) is 0 Å². The van der Waals surface area contributed by atoms with Crippen molar-refractivity contribution >= 4 is 0 Å². The van der Waals surface area contributed by atoms with Gasteiger partial charge in [-0.2, -0.15) is 0 Å². The Morgan fingerprint density at radius 1 is 1.26 bits per heavy atom. The van der Waals surface area contributed by atoms with E-state index in [2.05, 4.69) is 11.8 Å². The van der Waals surface area contributed by atoms with E-state index in [1.165, 1.54) is 38.5 Å². The maximum atomic E-state index is 9.29. The van der Waals surface area contributed by atoms with Gasteiger partial charge in [-0.1, -0.05) is 25.7 Å². The van der Waals surface area contributed by atoms with Crippen LogP contribution in [0.4, 0.5) is 0 Å². The molecule has 1 saturated carbocycles. The number of aliphatic hydroxyl groups is 1. The first-order valence-electron chi connectivity index (χ1n) is 7.86. The van der Waals surface area contributed by atoms with Crippen LogP contribution in [-0.2, 0) is 4.74 Å². The standard InChI is InChI=1S/C15H30N2O2/c1-13-10-19-14(9-18)8-17(13)12-15(11-16)6-4-2-3-5-7-15/h13-14,18H,2-12,16H2,1H3. The Labute approximate surface area is 117 Å². The van der Waals surface area contributed by atoms with Gasteiger partial charge >= 0.3 is 0 Å². The number of aliphatic hydroxyl groups excluding tert-OH is 1. The number of rotatable bonds is 4. The van der Waals surface area contributed by atoms with Gasteiger partial charge in [-0.05, 0) is 31.7 Å². The smallest absolute Gasteiger partial charge is 0.0933 e. The Bertz CT molecular complexity index is 265. The summed E-state index contributed by atoms with van der Waals surface area (Å²) in [4.78, 5) is 2.49. The van der Waals surface area contributed by atoms with Crippen LogP contribution in [0.25, 0.3) is 0 Å². The Hall–Kier alpha value is -0.160. The van der Waals surface area contributed by atoms with E-state index in [0.717, 1.165) is 26.2 Å². The molecule has 2 fully saturated rings. The average molecular weight is 270 g/mol. The number of nitrogens with two attached hydrogens (primary N) is 1. The molecular weight excluding hydrogens is 240 g/mol. The number of nitrogens with zero attached hydrogens (tertiary/aromatic N) is 1. The van der Waals surface area contributed by atoms with Gasteiger partial charge in [-0.25, -0.2) is 0 Å². The van der Waals surface area contributed by atoms with Gasteiger partial charge in [0.05, 0.1) is 19.3 Å². The van der Waals surface area contributed by atoms with Crippen LogP contribution in [0, 0.1) is 5.41 Å². The fourth-order valence-corrected chi connectivity index (χ4v) is 3.54. The summed E-state index contributed by atoms with van der Waals surface area (Å²) in [6.45, 7) is 5.78. The van der Waals surface area contributed by atoms with Gasteiger partial charge in [0.2, 0.25) is 0 Å². The third kappa shape index (κ3) is 3.91. The van der Waals surface area contributed by atoms with E-state index < -0.39 is 0 Å². The second kappa shape index (κ2) is 7.02. The number of morpholine rings is 1. The number of ether oxygens (including phenoxy) is 1. The van der Waals surface area contributed by atoms with Crippen molar-refractivity contribution < 1.29 is 9.84 Å². The molecule has 2 aliphatic rings. The lowest BCUT2D eigenvalue weighted by molar-refractivity contribution is -0.0886. The minimum atomic E-state index is -0.0168. The second-order valence-electron chi connectivity index (χ2n) is 6.53. The van der Waals surface area contributed by atoms with Gasteiger partial charge in [-0.15, -0.1) is 0 Å². The highest BCUT2D eigenvalue weighted by Crippen LogP contribution is 2.35. The molecule has 0 aromatic heterocycles. The van der Waals surface area contributed by atoms with Crippen LogP contribution in [-0.4, -0.2) is 55.0 Å². The van der Waals surface area contributed by atoms with E-state index in [4.69, 9.17) is 10.5 Å². The normalized spacial score (nSPS) is 33.0. The van der Waals surface area contributed by atoms with Crippen LogP contribution in [0.1, 0.15) is 45.4 Å². The van der Waals surface area contributed by atoms with Crippen molar-refractivity contribution in [2.75, 3.05) is 32.8 Å². The van der Waals surface area contributed by atoms with Crippen LogP contribution in [0.3, 0.4) is 0 Å². The largest absolute Gasteiger partial charge is 0.394 e. The first-order valence-corrected chi connectivity index (χ1v) is 7.86. The minimum absolute atomic E-state index is 0.0168. The van der Waals surface area contributed by atoms with Crippen LogP contribution in [0.15, 0.2) is 0 Å². The van der Waals surface area contributed by atoms with Gasteiger partial charge in [0, 0.05) is 19.1 Å². The molecule has 4 heteroatoms. The zero-order valence-electron chi connectivity index (χ0n) is 12.3. The highest BCUT2D eigenvalue weighted by atomic mass is 16.5. The second-order valence-corrected chi connectivity index (χ2v) is 6.53. The predicted octanol–water partition coefficient (Wildman–Crippen LogP) is 1.37. The van der Waals surface area contributed by atoms with Crippen molar-refractivity contribution in [2.45, 2.75) is 57.6 Å². The van der Waals surface area contributed by atoms with Crippen LogP contribution in [0.5, 0.6) is 0 Å². The topological polar surface area (TPSA) is 58.7 Å². The molecule has 2 rings (SSSR count). The SMILES string of the molecule is CC1COC(CO)CN1CC1(CN)CCCCCC1. The molecule has 0 aromatic carbocycles. The van der Waals surface area contributed by atoms with Crippen LogP contribution >= 0.6 is 0 Å². The summed E-state index contributed by atoms with van der Waals surface area (Å²) < 4.78 is 5.63. The summed E-state index contributed by atoms with van der Waals surface area (Å²) in [5, 5.41) is 9.29. The van der Waals surface area contributed by atoms with Gasteiger partial charge in [0.1, 0.15) is 0 Å². The van der Waals surface area contributed by atoms with Crippen LogP contribution < -0.4 is 5.73 Å². The summed E-state index contributed by atoms with van der Waals surface area (Å²) in [7, 11) is 0. The molecule has 1 aliphatic heterocycles. The summed E-state index contributed by atoms with van der Waals surface area (Å²) in [6, 6.07) is 0.439. The molecule has 3 N–H and O–H groups in total. The fraction of sp³-hybridized carbons (Fsp3) is 1.00. The monoisotopic (exact) mass is 270 g/mol. The third-order valence-corrected chi connectivity index (χ3v) is 4.97. The minimum Gasteiger partial charge on any atom is -0.394 e. The van der Waals surface area contributed by atoms with Gasteiger partial charge in [-0.3, -0.25) is 4.90 Å². The van der Waals surface area contributed by atoms with Gasteiger partial charge < -0.3 is 15.6 Å². The van der Waals surface area contributed by atoms with E-state index in [0.29, 0.717) is 11.5 Å². The Balaban J connectivity index is 1.99. The summed E-state index contributed by atoms with van der Waals surface area (Å²) in [5.41, 5.74) is 6.42. The van der Waals surface area contributed by atoms with Crippen molar-refractivity contribution in [1.82, 2.24) is 4.90 Å². The maximum Gasteiger partial charge on any atom is 0.0933 e. The quantitative estimate of drug-likeness (QED) is 0.758. The molecular formula is C15H30N2O2. The zero-order chi connectivity index (χ0) is 13.7. The molecule has 4 nitrogen and oxygen atoms in total. The molecule has 19 heavy (non-hydrogen) atoms. The van der Waals surface area contributed by atoms with E-state index in [1.807, 2.05) is 0 Å². The molecule has 0 amide bonds. The Morgan fingerprint density at radius 3 is 2.53 bits per heavy atom. The van der Waals surface area contributed by atoms with Crippen molar-refractivity contribution in [2.24, 2.45) is 11.1 Å². The lowest BCUT2D eigenvalue weighted by atomic mass is 9.79.